The van der Waals surface area contributed by atoms with Crippen molar-refractivity contribution < 1.29 is 20.3 Å². The largest absolute Gasteiger partial charge is 0.454 e. The smallest absolute Gasteiger partial charge is 0.231 e. The van der Waals surface area contributed by atoms with Gasteiger partial charge in [-0.1, -0.05) is 6.07 Å². The van der Waals surface area contributed by atoms with Crippen LogP contribution in [0.25, 0.3) is 0 Å². The first-order chi connectivity index (χ1) is 6.31. The van der Waals surface area contributed by atoms with E-state index in [1.165, 1.54) is 0 Å². The molecule has 1 aromatic carbocycles. The van der Waals surface area contributed by atoms with Crippen LogP contribution in [0.15, 0.2) is 18.2 Å². The maximum Gasteiger partial charge on any atom is 0.231 e. The third-order valence-electron chi connectivity index (χ3n) is 2.05. The summed E-state index contributed by atoms with van der Waals surface area (Å²) in [6.45, 7) is 0.721. The quantitative estimate of drug-likeness (QED) is 0.659. The Morgan fingerprint density at radius 1 is 1.38 bits per heavy atom. The van der Waals surface area contributed by atoms with Gasteiger partial charge in [0.1, 0.15) is 12.6 Å². The van der Waals surface area contributed by atoms with Crippen molar-refractivity contribution in [2.24, 2.45) is 0 Å². The van der Waals surface area contributed by atoms with E-state index in [9.17, 15) is 5.11 Å². The lowest BCUT2D eigenvalue weighted by molar-refractivity contribution is -0.385. The van der Waals surface area contributed by atoms with Crippen molar-refractivity contribution in [2.75, 3.05) is 13.3 Å². The zero-order chi connectivity index (χ0) is 9.26. The minimum absolute atomic E-state index is 0.263. The van der Waals surface area contributed by atoms with Gasteiger partial charge in [-0.05, 0) is 17.7 Å². The van der Waals surface area contributed by atoms with Crippen molar-refractivity contribution in [1.82, 2.24) is 0 Å². The van der Waals surface area contributed by atoms with Gasteiger partial charge in [-0.2, -0.15) is 0 Å². The van der Waals surface area contributed by atoms with Crippen LogP contribution in [0.3, 0.4) is 0 Å². The summed E-state index contributed by atoms with van der Waals surface area (Å²) < 4.78 is 10.3. The van der Waals surface area contributed by atoms with Crippen molar-refractivity contribution >= 4 is 0 Å². The van der Waals surface area contributed by atoms with Gasteiger partial charge in [-0.25, -0.2) is 0 Å². The normalized spacial score (nSPS) is 15.8. The van der Waals surface area contributed by atoms with E-state index in [-0.39, 0.29) is 6.79 Å². The molecule has 0 aliphatic carbocycles. The predicted octanol–water partition coefficient (Wildman–Crippen LogP) is -0.309. The average Bonchev–Trinajstić information content (AvgIpc) is 2.63. The van der Waals surface area contributed by atoms with Gasteiger partial charge in [0, 0.05) is 0 Å². The molecule has 0 saturated heterocycles. The molecule has 0 radical (unpaired) electrons. The molecule has 4 N–H and O–H groups in total. The Kier molecular flexibility index (Phi) is 2.08. The average molecular weight is 182 g/mol. The summed E-state index contributed by atoms with van der Waals surface area (Å²) in [5, 5.41) is 9.50. The van der Waals surface area contributed by atoms with Gasteiger partial charge in [-0.3, -0.25) is 0 Å². The highest BCUT2D eigenvalue weighted by Gasteiger charge is 2.16. The molecular weight excluding hydrogens is 170 g/mol. The Hall–Kier alpha value is -1.26. The van der Waals surface area contributed by atoms with Crippen LogP contribution in [-0.2, 0) is 0 Å². The third kappa shape index (κ3) is 1.46. The van der Waals surface area contributed by atoms with Crippen LogP contribution in [0.2, 0.25) is 0 Å². The summed E-state index contributed by atoms with van der Waals surface area (Å²) >= 11 is 0. The molecule has 0 bridgehead atoms. The first kappa shape index (κ1) is 8.34. The molecule has 4 nitrogen and oxygen atoms in total. The SMILES string of the molecule is [NH3+]C[C@@H](O)c1ccc2c(c1)OCO2. The number of hydrogen-bond acceptors (Lipinski definition) is 3. The number of quaternary nitrogens is 1. The van der Waals surface area contributed by atoms with E-state index in [1.54, 1.807) is 12.1 Å². The van der Waals surface area contributed by atoms with Gasteiger partial charge in [0.2, 0.25) is 6.79 Å². The fraction of sp³-hybridized carbons (Fsp3) is 0.333. The van der Waals surface area contributed by atoms with E-state index in [1.807, 2.05) is 6.07 Å². The summed E-state index contributed by atoms with van der Waals surface area (Å²) in [6.07, 6.45) is -0.519. The van der Waals surface area contributed by atoms with E-state index in [0.29, 0.717) is 12.3 Å². The molecule has 1 aliphatic rings. The Balaban J connectivity index is 2.30. The molecule has 1 atom stereocenters. The van der Waals surface area contributed by atoms with Crippen LogP contribution >= 0.6 is 0 Å². The first-order valence-corrected chi connectivity index (χ1v) is 4.18. The molecule has 13 heavy (non-hydrogen) atoms. The summed E-state index contributed by atoms with van der Waals surface area (Å²) in [5.74, 6) is 1.44. The molecule has 0 aromatic heterocycles. The second-order valence-electron chi connectivity index (χ2n) is 2.92. The molecular formula is C9H12NO3+. The standard InChI is InChI=1S/C9H11NO3/c10-4-7(11)6-1-2-8-9(3-6)13-5-12-8/h1-3,7,11H,4-5,10H2/p+1/t7-/m1/s1. The first-order valence-electron chi connectivity index (χ1n) is 4.18. The molecule has 4 heteroatoms. The number of ether oxygens (including phenoxy) is 2. The van der Waals surface area contributed by atoms with Crippen molar-refractivity contribution in [3.05, 3.63) is 23.8 Å². The molecule has 2 rings (SSSR count). The lowest BCUT2D eigenvalue weighted by Crippen LogP contribution is -2.52. The number of aliphatic hydroxyl groups is 1. The molecule has 0 saturated carbocycles. The van der Waals surface area contributed by atoms with Crippen molar-refractivity contribution in [2.45, 2.75) is 6.10 Å². The highest BCUT2D eigenvalue weighted by Crippen LogP contribution is 2.33. The highest BCUT2D eigenvalue weighted by atomic mass is 16.7. The lowest BCUT2D eigenvalue weighted by Gasteiger charge is -2.06. The molecule has 0 amide bonds. The molecule has 0 fully saturated rings. The second-order valence-corrected chi connectivity index (χ2v) is 2.92. The minimum atomic E-state index is -0.519. The zero-order valence-corrected chi connectivity index (χ0v) is 7.19. The van der Waals surface area contributed by atoms with Crippen molar-refractivity contribution in [3.63, 3.8) is 0 Å². The zero-order valence-electron chi connectivity index (χ0n) is 7.19. The van der Waals surface area contributed by atoms with Crippen molar-refractivity contribution in [3.8, 4) is 11.5 Å². The minimum Gasteiger partial charge on any atom is -0.454 e. The van der Waals surface area contributed by atoms with Gasteiger partial charge in [0.25, 0.3) is 0 Å². The molecule has 1 heterocycles. The Morgan fingerprint density at radius 3 is 2.92 bits per heavy atom. The predicted molar refractivity (Wildman–Crippen MR) is 45.3 cm³/mol. The summed E-state index contributed by atoms with van der Waals surface area (Å²) in [7, 11) is 0. The fourth-order valence-corrected chi connectivity index (χ4v) is 1.29. The van der Waals surface area contributed by atoms with E-state index < -0.39 is 6.10 Å². The second kappa shape index (κ2) is 3.24. The number of aliphatic hydroxyl groups excluding tert-OH is 1. The molecule has 70 valence electrons. The van der Waals surface area contributed by atoms with Gasteiger partial charge in [-0.15, -0.1) is 0 Å². The van der Waals surface area contributed by atoms with E-state index in [2.05, 4.69) is 5.73 Å². The lowest BCUT2D eigenvalue weighted by atomic mass is 10.1. The van der Waals surface area contributed by atoms with Crippen molar-refractivity contribution in [1.29, 1.82) is 0 Å². The molecule has 0 spiro atoms. The van der Waals surface area contributed by atoms with Gasteiger partial charge in [0.15, 0.2) is 11.5 Å². The van der Waals surface area contributed by atoms with Gasteiger partial charge in [0.05, 0.1) is 0 Å². The van der Waals surface area contributed by atoms with Gasteiger partial charge < -0.3 is 20.3 Å². The Labute approximate surface area is 75.9 Å². The topological polar surface area (TPSA) is 66.3 Å². The van der Waals surface area contributed by atoms with Crippen LogP contribution in [-0.4, -0.2) is 18.4 Å². The van der Waals surface area contributed by atoms with E-state index in [0.717, 1.165) is 11.3 Å². The van der Waals surface area contributed by atoms with E-state index in [4.69, 9.17) is 9.47 Å². The number of benzene rings is 1. The summed E-state index contributed by atoms with van der Waals surface area (Å²) in [6, 6.07) is 5.41. The third-order valence-corrected chi connectivity index (χ3v) is 2.05. The van der Waals surface area contributed by atoms with Crippen LogP contribution in [0.5, 0.6) is 11.5 Å². The van der Waals surface area contributed by atoms with Gasteiger partial charge >= 0.3 is 0 Å². The Morgan fingerprint density at radius 2 is 2.15 bits per heavy atom. The fourth-order valence-electron chi connectivity index (χ4n) is 1.29. The monoisotopic (exact) mass is 182 g/mol. The summed E-state index contributed by atoms with van der Waals surface area (Å²) in [4.78, 5) is 0. The molecule has 0 unspecified atom stereocenters. The summed E-state index contributed by atoms with van der Waals surface area (Å²) in [5.41, 5.74) is 4.45. The van der Waals surface area contributed by atoms with Crippen LogP contribution in [0, 0.1) is 0 Å². The maximum absolute atomic E-state index is 9.50. The maximum atomic E-state index is 9.50. The van der Waals surface area contributed by atoms with Crippen LogP contribution in [0.1, 0.15) is 11.7 Å². The number of rotatable bonds is 2. The Bertz CT molecular complexity index is 314. The van der Waals surface area contributed by atoms with Crippen LogP contribution in [0.4, 0.5) is 0 Å². The molecule has 1 aliphatic heterocycles. The highest BCUT2D eigenvalue weighted by molar-refractivity contribution is 5.44. The molecule has 1 aromatic rings. The number of hydrogen-bond donors (Lipinski definition) is 2. The van der Waals surface area contributed by atoms with E-state index >= 15 is 0 Å². The number of fused-ring (bicyclic) bond motifs is 1. The van der Waals surface area contributed by atoms with Crippen LogP contribution < -0.4 is 15.2 Å².